The Morgan fingerprint density at radius 1 is 1.00 bits per heavy atom. The van der Waals surface area contributed by atoms with Gasteiger partial charge in [0.05, 0.1) is 35.8 Å². The fraction of sp³-hybridized carbons (Fsp3) is 0.125. The van der Waals surface area contributed by atoms with Gasteiger partial charge in [-0.15, -0.1) is 5.10 Å². The van der Waals surface area contributed by atoms with E-state index >= 15 is 0 Å². The fourth-order valence-corrected chi connectivity index (χ4v) is 3.72. The van der Waals surface area contributed by atoms with Crippen LogP contribution in [-0.4, -0.2) is 35.9 Å². The van der Waals surface area contributed by atoms with Crippen LogP contribution in [0, 0.1) is 0 Å². The number of anilines is 1. The largest absolute Gasteiger partial charge is 0.417 e. The molecule has 1 amide bonds. The molecule has 11 heteroatoms. The van der Waals surface area contributed by atoms with E-state index in [1.54, 1.807) is 48.9 Å². The van der Waals surface area contributed by atoms with Crippen molar-refractivity contribution >= 4 is 22.6 Å². The average Bonchev–Trinajstić information content (AvgIpc) is 3.53. The maximum atomic E-state index is 13.4. The van der Waals surface area contributed by atoms with E-state index in [0.717, 1.165) is 23.5 Å². The van der Waals surface area contributed by atoms with Gasteiger partial charge in [-0.05, 0) is 41.5 Å². The number of pyridine rings is 1. The van der Waals surface area contributed by atoms with E-state index in [1.165, 1.54) is 15.8 Å². The number of rotatable bonds is 6. The second kappa shape index (κ2) is 9.01. The summed E-state index contributed by atoms with van der Waals surface area (Å²) in [5.41, 5.74) is 2.84. The highest BCUT2D eigenvalue weighted by Crippen LogP contribution is 2.30. The van der Waals surface area contributed by atoms with Crippen LogP contribution >= 0.6 is 0 Å². The summed E-state index contributed by atoms with van der Waals surface area (Å²) in [6.07, 6.45) is 0.767. The van der Waals surface area contributed by atoms with Crippen molar-refractivity contribution in [2.24, 2.45) is 0 Å². The monoisotopic (exact) mass is 477 g/mol. The number of H-pyrrole nitrogens is 1. The molecule has 0 fully saturated rings. The zero-order chi connectivity index (χ0) is 24.4. The number of aromatic amines is 1. The number of amides is 1. The molecule has 0 aliphatic rings. The number of hydrogen-bond donors (Lipinski definition) is 1. The number of hydrogen-bond acceptors (Lipinski definition) is 5. The molecule has 0 radical (unpaired) electrons. The van der Waals surface area contributed by atoms with Gasteiger partial charge in [-0.3, -0.25) is 9.78 Å². The molecule has 1 N–H and O–H groups in total. The van der Waals surface area contributed by atoms with Crippen LogP contribution in [-0.2, 0) is 24.1 Å². The highest BCUT2D eigenvalue weighted by molar-refractivity contribution is 5.94. The second-order valence-electron chi connectivity index (χ2n) is 7.81. The number of benzene rings is 2. The quantitative estimate of drug-likeness (QED) is 0.390. The Labute approximate surface area is 197 Å². The molecule has 0 atom stereocenters. The van der Waals surface area contributed by atoms with Gasteiger partial charge in [0.2, 0.25) is 5.91 Å². The van der Waals surface area contributed by atoms with E-state index < -0.39 is 11.7 Å². The number of fused-ring (bicyclic) bond motifs is 1. The number of carbonyl (C=O) groups excluding carboxylic acids is 1. The minimum atomic E-state index is -4.54. The summed E-state index contributed by atoms with van der Waals surface area (Å²) in [6, 6.07) is 15.3. The standard InChI is InChI=1S/C24H18F3N7O/c25-24(26,27)18-9-16(10-28-11-18)13-33(19-7-5-17(6-8-19)21-12-29-15-30-21)23(35)14-34-22-4-2-1-3-20(22)31-32-34/h1-12,15H,13-14H2,(H,29,30). The van der Waals surface area contributed by atoms with Crippen molar-refractivity contribution in [3.63, 3.8) is 0 Å². The van der Waals surface area contributed by atoms with E-state index in [1.807, 2.05) is 12.1 Å². The Kier molecular flexibility index (Phi) is 5.73. The Bertz CT molecular complexity index is 1460. The van der Waals surface area contributed by atoms with Crippen molar-refractivity contribution in [1.82, 2.24) is 29.9 Å². The lowest BCUT2D eigenvalue weighted by Gasteiger charge is -2.23. The normalized spacial score (nSPS) is 11.6. The molecule has 0 unspecified atom stereocenters. The lowest BCUT2D eigenvalue weighted by molar-refractivity contribution is -0.137. The molecule has 5 aromatic rings. The molecule has 0 bridgehead atoms. The number of imidazole rings is 1. The molecule has 0 aliphatic heterocycles. The molecule has 0 spiro atoms. The number of aromatic nitrogens is 6. The van der Waals surface area contributed by atoms with Crippen LogP contribution in [0.5, 0.6) is 0 Å². The molecule has 0 saturated heterocycles. The van der Waals surface area contributed by atoms with Crippen molar-refractivity contribution in [3.8, 4) is 11.3 Å². The minimum absolute atomic E-state index is 0.105. The van der Waals surface area contributed by atoms with E-state index in [4.69, 9.17) is 0 Å². The number of alkyl halides is 3. The molecular weight excluding hydrogens is 459 g/mol. The van der Waals surface area contributed by atoms with E-state index in [9.17, 15) is 18.0 Å². The van der Waals surface area contributed by atoms with Gasteiger partial charge in [-0.1, -0.05) is 29.5 Å². The first-order chi connectivity index (χ1) is 16.9. The zero-order valence-corrected chi connectivity index (χ0v) is 18.1. The number of nitrogens with zero attached hydrogens (tertiary/aromatic N) is 6. The van der Waals surface area contributed by atoms with Crippen molar-refractivity contribution in [3.05, 3.63) is 90.6 Å². The Balaban J connectivity index is 1.48. The number of nitrogens with one attached hydrogen (secondary N) is 1. The van der Waals surface area contributed by atoms with Gasteiger partial charge in [0.1, 0.15) is 12.1 Å². The average molecular weight is 477 g/mol. The highest BCUT2D eigenvalue weighted by Gasteiger charge is 2.31. The second-order valence-corrected chi connectivity index (χ2v) is 7.81. The molecule has 35 heavy (non-hydrogen) atoms. The van der Waals surface area contributed by atoms with Gasteiger partial charge in [-0.25, -0.2) is 9.67 Å². The summed E-state index contributed by atoms with van der Waals surface area (Å²) in [5.74, 6) is -0.368. The van der Waals surface area contributed by atoms with Crippen molar-refractivity contribution in [2.75, 3.05) is 4.90 Å². The molecule has 2 aromatic carbocycles. The summed E-state index contributed by atoms with van der Waals surface area (Å²) in [4.78, 5) is 25.6. The SMILES string of the molecule is O=C(Cn1nnc2ccccc21)N(Cc1cncc(C(F)(F)F)c1)c1ccc(-c2cnc[nH]2)cc1. The van der Waals surface area contributed by atoms with E-state index in [-0.39, 0.29) is 24.6 Å². The number of halogens is 3. The number of para-hydroxylation sites is 1. The first kappa shape index (κ1) is 22.3. The molecule has 0 aliphatic carbocycles. The van der Waals surface area contributed by atoms with Crippen molar-refractivity contribution < 1.29 is 18.0 Å². The van der Waals surface area contributed by atoms with Crippen LogP contribution in [0.25, 0.3) is 22.3 Å². The Hall–Kier alpha value is -4.54. The maximum absolute atomic E-state index is 13.4. The van der Waals surface area contributed by atoms with Gasteiger partial charge in [0, 0.05) is 18.1 Å². The van der Waals surface area contributed by atoms with Gasteiger partial charge < -0.3 is 9.88 Å². The summed E-state index contributed by atoms with van der Waals surface area (Å²) < 4.78 is 41.1. The van der Waals surface area contributed by atoms with Crippen molar-refractivity contribution in [2.45, 2.75) is 19.3 Å². The summed E-state index contributed by atoms with van der Waals surface area (Å²) in [6.45, 7) is -0.249. The van der Waals surface area contributed by atoms with E-state index in [0.29, 0.717) is 16.7 Å². The van der Waals surface area contributed by atoms with Crippen LogP contribution in [0.15, 0.2) is 79.5 Å². The van der Waals surface area contributed by atoms with Crippen LogP contribution < -0.4 is 4.90 Å². The Morgan fingerprint density at radius 2 is 1.80 bits per heavy atom. The molecule has 0 saturated carbocycles. The summed E-state index contributed by atoms with van der Waals surface area (Å²) in [7, 11) is 0. The first-order valence-electron chi connectivity index (χ1n) is 10.6. The highest BCUT2D eigenvalue weighted by atomic mass is 19.4. The summed E-state index contributed by atoms with van der Waals surface area (Å²) in [5, 5.41) is 8.12. The molecule has 3 aromatic heterocycles. The van der Waals surface area contributed by atoms with Crippen LogP contribution in [0.1, 0.15) is 11.1 Å². The number of carbonyl (C=O) groups is 1. The first-order valence-corrected chi connectivity index (χ1v) is 10.6. The minimum Gasteiger partial charge on any atom is -0.345 e. The maximum Gasteiger partial charge on any atom is 0.417 e. The van der Waals surface area contributed by atoms with Gasteiger partial charge in [0.25, 0.3) is 0 Å². The van der Waals surface area contributed by atoms with Crippen LogP contribution in [0.4, 0.5) is 18.9 Å². The van der Waals surface area contributed by atoms with Gasteiger partial charge in [-0.2, -0.15) is 13.2 Å². The third-order valence-electron chi connectivity index (χ3n) is 5.46. The molecule has 176 valence electrons. The fourth-order valence-electron chi connectivity index (χ4n) is 3.72. The summed E-state index contributed by atoms with van der Waals surface area (Å²) >= 11 is 0. The lowest BCUT2D eigenvalue weighted by atomic mass is 10.1. The zero-order valence-electron chi connectivity index (χ0n) is 18.1. The van der Waals surface area contributed by atoms with Crippen LogP contribution in [0.3, 0.4) is 0 Å². The predicted octanol–water partition coefficient (Wildman–Crippen LogP) is 4.47. The molecule has 3 heterocycles. The van der Waals surface area contributed by atoms with Gasteiger partial charge in [0.15, 0.2) is 0 Å². The van der Waals surface area contributed by atoms with Gasteiger partial charge >= 0.3 is 6.18 Å². The lowest BCUT2D eigenvalue weighted by Crippen LogP contribution is -2.34. The third-order valence-corrected chi connectivity index (χ3v) is 5.46. The molecule has 8 nitrogen and oxygen atoms in total. The molecule has 5 rings (SSSR count). The van der Waals surface area contributed by atoms with E-state index in [2.05, 4.69) is 25.3 Å². The van der Waals surface area contributed by atoms with Crippen LogP contribution in [0.2, 0.25) is 0 Å². The predicted molar refractivity (Wildman–Crippen MR) is 122 cm³/mol. The smallest absolute Gasteiger partial charge is 0.345 e. The van der Waals surface area contributed by atoms with Crippen molar-refractivity contribution in [1.29, 1.82) is 0 Å². The Morgan fingerprint density at radius 3 is 2.54 bits per heavy atom. The molecular formula is C24H18F3N7O. The topological polar surface area (TPSA) is 92.6 Å². The third kappa shape index (κ3) is 4.74.